The monoisotopic (exact) mass is 276 g/mol. The molecule has 0 aliphatic carbocycles. The third-order valence-corrected chi connectivity index (χ3v) is 3.98. The number of aldehydes is 1. The van der Waals surface area contributed by atoms with E-state index in [0.29, 0.717) is 11.7 Å². The van der Waals surface area contributed by atoms with Crippen molar-refractivity contribution < 1.29 is 24.0 Å². The van der Waals surface area contributed by atoms with E-state index >= 15 is 0 Å². The minimum atomic E-state index is -1.17. The molecule has 1 fully saturated rings. The Morgan fingerprint density at radius 1 is 1.20 bits per heavy atom. The van der Waals surface area contributed by atoms with Gasteiger partial charge in [0.1, 0.15) is 0 Å². The molecule has 0 saturated carbocycles. The van der Waals surface area contributed by atoms with Gasteiger partial charge in [-0.05, 0) is 33.2 Å². The Morgan fingerprint density at radius 2 is 1.75 bits per heavy atom. The molecule has 5 nitrogen and oxygen atoms in total. The van der Waals surface area contributed by atoms with Crippen molar-refractivity contribution in [1.29, 1.82) is 0 Å². The largest absolute Gasteiger partial charge is 0.495 e. The summed E-state index contributed by atoms with van der Waals surface area (Å²) < 4.78 is 11.7. The van der Waals surface area contributed by atoms with Crippen LogP contribution in [0.15, 0.2) is 18.2 Å². The third kappa shape index (κ3) is 2.25. The van der Waals surface area contributed by atoms with E-state index < -0.39 is 24.3 Å². The molecule has 0 radical (unpaired) electrons. The lowest BCUT2D eigenvalue weighted by atomic mass is 9.74. The van der Waals surface area contributed by atoms with Crippen molar-refractivity contribution in [3.63, 3.8) is 0 Å². The molecule has 6 heteroatoms. The lowest BCUT2D eigenvalue weighted by Gasteiger charge is -2.32. The normalized spacial score (nSPS) is 19.9. The predicted octanol–water partition coefficient (Wildman–Crippen LogP) is 1.50. The molecule has 1 N–H and O–H groups in total. The Morgan fingerprint density at radius 3 is 2.20 bits per heavy atom. The van der Waals surface area contributed by atoms with Crippen LogP contribution in [0.25, 0.3) is 0 Å². The molecule has 0 aromatic heterocycles. The van der Waals surface area contributed by atoms with E-state index in [1.807, 2.05) is 27.7 Å². The fraction of sp³-hybridized carbons (Fsp3) is 0.429. The highest BCUT2D eigenvalue weighted by Crippen LogP contribution is 2.36. The van der Waals surface area contributed by atoms with Crippen LogP contribution in [0.2, 0.25) is 0 Å². The smallest absolute Gasteiger partial charge is 0.478 e. The standard InChI is InChI=1S/C14H17BO5/c1-13(2)14(3,4)20-15(19-13)10-7-5-6-9(8-16)11(10)12(17)18/h5-8H,1-4H3,(H,17,18). The van der Waals surface area contributed by atoms with Gasteiger partial charge in [-0.1, -0.05) is 18.2 Å². The number of carbonyl (C=O) groups excluding carboxylic acids is 1. The number of carboxylic acid groups (broad SMARTS) is 1. The van der Waals surface area contributed by atoms with Gasteiger partial charge in [-0.2, -0.15) is 0 Å². The number of benzene rings is 1. The number of carbonyl (C=O) groups is 2. The number of hydrogen-bond donors (Lipinski definition) is 1. The summed E-state index contributed by atoms with van der Waals surface area (Å²) in [6, 6.07) is 4.69. The van der Waals surface area contributed by atoms with Crippen LogP contribution >= 0.6 is 0 Å². The number of aromatic carboxylic acids is 1. The fourth-order valence-electron chi connectivity index (χ4n) is 2.10. The van der Waals surface area contributed by atoms with Crippen molar-refractivity contribution >= 4 is 24.8 Å². The molecule has 0 bridgehead atoms. The Kier molecular flexibility index (Phi) is 3.48. The molecule has 0 spiro atoms. The zero-order valence-electron chi connectivity index (χ0n) is 12.0. The van der Waals surface area contributed by atoms with E-state index in [2.05, 4.69) is 0 Å². The molecule has 1 aromatic carbocycles. The third-order valence-electron chi connectivity index (χ3n) is 3.98. The lowest BCUT2D eigenvalue weighted by molar-refractivity contribution is 0.00578. The summed E-state index contributed by atoms with van der Waals surface area (Å²) in [5, 5.41) is 9.33. The zero-order chi connectivity index (χ0) is 15.1. The van der Waals surface area contributed by atoms with Gasteiger partial charge in [-0.25, -0.2) is 4.79 Å². The van der Waals surface area contributed by atoms with E-state index in [1.165, 1.54) is 6.07 Å². The zero-order valence-corrected chi connectivity index (χ0v) is 12.0. The first-order chi connectivity index (χ1) is 9.19. The molecule has 0 amide bonds. The molecule has 2 rings (SSSR count). The summed E-state index contributed by atoms with van der Waals surface area (Å²) in [4.78, 5) is 22.4. The molecule has 0 unspecified atom stereocenters. The summed E-state index contributed by atoms with van der Waals surface area (Å²) in [6.45, 7) is 7.54. The van der Waals surface area contributed by atoms with Crippen LogP contribution in [-0.4, -0.2) is 35.7 Å². The van der Waals surface area contributed by atoms with Gasteiger partial charge in [-0.3, -0.25) is 4.79 Å². The Balaban J connectivity index is 2.50. The quantitative estimate of drug-likeness (QED) is 0.669. The summed E-state index contributed by atoms with van der Waals surface area (Å²) in [7, 11) is -0.800. The Bertz CT molecular complexity index is 549. The minimum absolute atomic E-state index is 0.0685. The molecule has 0 atom stereocenters. The minimum Gasteiger partial charge on any atom is -0.478 e. The molecule has 1 aliphatic rings. The summed E-state index contributed by atoms with van der Waals surface area (Å²) in [5.74, 6) is -1.17. The van der Waals surface area contributed by atoms with E-state index in [9.17, 15) is 14.7 Å². The topological polar surface area (TPSA) is 72.8 Å². The second kappa shape index (κ2) is 4.72. The second-order valence-electron chi connectivity index (χ2n) is 5.82. The van der Waals surface area contributed by atoms with Gasteiger partial charge in [0.25, 0.3) is 0 Å². The van der Waals surface area contributed by atoms with Crippen molar-refractivity contribution in [3.05, 3.63) is 29.3 Å². The average molecular weight is 276 g/mol. The Labute approximate surface area is 118 Å². The van der Waals surface area contributed by atoms with Gasteiger partial charge < -0.3 is 14.4 Å². The second-order valence-corrected chi connectivity index (χ2v) is 5.82. The van der Waals surface area contributed by atoms with Crippen LogP contribution in [-0.2, 0) is 9.31 Å². The highest BCUT2D eigenvalue weighted by molar-refractivity contribution is 6.63. The Hall–Kier alpha value is -1.66. The van der Waals surface area contributed by atoms with Gasteiger partial charge in [0.05, 0.1) is 16.8 Å². The molecule has 1 saturated heterocycles. The fourth-order valence-corrected chi connectivity index (χ4v) is 2.10. The number of carboxylic acids is 1. The number of hydrogen-bond acceptors (Lipinski definition) is 4. The first-order valence-corrected chi connectivity index (χ1v) is 6.36. The van der Waals surface area contributed by atoms with Crippen molar-refractivity contribution in [2.75, 3.05) is 0 Å². The predicted molar refractivity (Wildman–Crippen MR) is 74.5 cm³/mol. The molecular weight excluding hydrogens is 259 g/mol. The van der Waals surface area contributed by atoms with Crippen LogP contribution < -0.4 is 5.46 Å². The van der Waals surface area contributed by atoms with Crippen molar-refractivity contribution in [2.24, 2.45) is 0 Å². The lowest BCUT2D eigenvalue weighted by Crippen LogP contribution is -2.41. The van der Waals surface area contributed by atoms with Gasteiger partial charge >= 0.3 is 13.1 Å². The maximum absolute atomic E-state index is 11.4. The maximum atomic E-state index is 11.4. The SMILES string of the molecule is CC1(C)OB(c2cccc(C=O)c2C(=O)O)OC1(C)C. The molecule has 1 heterocycles. The first-order valence-electron chi connectivity index (χ1n) is 6.36. The van der Waals surface area contributed by atoms with Crippen LogP contribution in [0.4, 0.5) is 0 Å². The van der Waals surface area contributed by atoms with E-state index in [0.717, 1.165) is 0 Å². The van der Waals surface area contributed by atoms with Crippen molar-refractivity contribution in [2.45, 2.75) is 38.9 Å². The molecule has 1 aliphatic heterocycles. The summed E-state index contributed by atoms with van der Waals surface area (Å²) >= 11 is 0. The average Bonchev–Trinajstić information content (AvgIpc) is 2.57. The van der Waals surface area contributed by atoms with E-state index in [-0.39, 0.29) is 11.1 Å². The van der Waals surface area contributed by atoms with E-state index in [4.69, 9.17) is 9.31 Å². The molecule has 1 aromatic rings. The molecular formula is C14H17BO5. The van der Waals surface area contributed by atoms with Gasteiger partial charge in [-0.15, -0.1) is 0 Å². The first kappa shape index (κ1) is 14.7. The van der Waals surface area contributed by atoms with Crippen molar-refractivity contribution in [1.82, 2.24) is 0 Å². The van der Waals surface area contributed by atoms with Crippen LogP contribution in [0.1, 0.15) is 48.4 Å². The van der Waals surface area contributed by atoms with Gasteiger partial charge in [0, 0.05) is 5.56 Å². The highest BCUT2D eigenvalue weighted by Gasteiger charge is 2.52. The van der Waals surface area contributed by atoms with Crippen LogP contribution in [0.5, 0.6) is 0 Å². The number of rotatable bonds is 3. The van der Waals surface area contributed by atoms with Crippen molar-refractivity contribution in [3.8, 4) is 0 Å². The summed E-state index contributed by atoms with van der Waals surface area (Å²) in [6.07, 6.45) is 0.526. The molecule has 106 valence electrons. The van der Waals surface area contributed by atoms with Gasteiger partial charge in [0.15, 0.2) is 6.29 Å². The van der Waals surface area contributed by atoms with Crippen LogP contribution in [0, 0.1) is 0 Å². The van der Waals surface area contributed by atoms with Gasteiger partial charge in [0.2, 0.25) is 0 Å². The van der Waals surface area contributed by atoms with Crippen LogP contribution in [0.3, 0.4) is 0 Å². The summed E-state index contributed by atoms with van der Waals surface area (Å²) in [5.41, 5.74) is -0.721. The highest BCUT2D eigenvalue weighted by atomic mass is 16.7. The maximum Gasteiger partial charge on any atom is 0.495 e. The van der Waals surface area contributed by atoms with E-state index in [1.54, 1.807) is 12.1 Å². The molecule has 20 heavy (non-hydrogen) atoms.